The van der Waals surface area contributed by atoms with Gasteiger partial charge in [-0.05, 0) is 18.2 Å². The number of nitro groups is 1. The van der Waals surface area contributed by atoms with Crippen LogP contribution < -0.4 is 0 Å². The van der Waals surface area contributed by atoms with Crippen LogP contribution in [0.25, 0.3) is 0 Å². The van der Waals surface area contributed by atoms with Gasteiger partial charge in [-0.25, -0.2) is 0 Å². The van der Waals surface area contributed by atoms with Gasteiger partial charge in [-0.15, -0.1) is 0 Å². The van der Waals surface area contributed by atoms with Gasteiger partial charge in [0.05, 0.1) is 0 Å². The van der Waals surface area contributed by atoms with Crippen LogP contribution in [0.15, 0.2) is 22.7 Å². The van der Waals surface area contributed by atoms with Gasteiger partial charge in [-0.3, -0.25) is 10.1 Å². The standard InChI is InChI=1S/C7H5BrClNO2/c8-6-1-5(4-10(11)12)2-7(9)3-6/h1-3H,4H2. The molecule has 0 saturated carbocycles. The van der Waals surface area contributed by atoms with E-state index in [1.165, 1.54) is 0 Å². The summed E-state index contributed by atoms with van der Waals surface area (Å²) in [5, 5.41) is 10.6. The predicted octanol–water partition coefficient (Wildman–Crippen LogP) is 2.88. The maximum absolute atomic E-state index is 10.1. The summed E-state index contributed by atoms with van der Waals surface area (Å²) in [6, 6.07) is 4.94. The van der Waals surface area contributed by atoms with Crippen LogP contribution in [0, 0.1) is 10.1 Å². The molecule has 0 atom stereocenters. The fourth-order valence-electron chi connectivity index (χ4n) is 0.851. The van der Waals surface area contributed by atoms with Gasteiger partial charge in [-0.1, -0.05) is 27.5 Å². The van der Waals surface area contributed by atoms with Crippen molar-refractivity contribution in [3.05, 3.63) is 43.4 Å². The molecule has 0 N–H and O–H groups in total. The third kappa shape index (κ3) is 2.79. The Balaban J connectivity index is 2.93. The fourth-order valence-corrected chi connectivity index (χ4v) is 1.78. The topological polar surface area (TPSA) is 43.1 Å². The minimum Gasteiger partial charge on any atom is -0.264 e. The lowest BCUT2D eigenvalue weighted by Gasteiger charge is -1.97. The lowest BCUT2D eigenvalue weighted by Crippen LogP contribution is -1.97. The van der Waals surface area contributed by atoms with E-state index in [1.807, 2.05) is 0 Å². The van der Waals surface area contributed by atoms with Gasteiger partial charge >= 0.3 is 0 Å². The average molecular weight is 250 g/mol. The van der Waals surface area contributed by atoms with Crippen molar-refractivity contribution in [2.24, 2.45) is 0 Å². The first-order valence-corrected chi connectivity index (χ1v) is 4.32. The van der Waals surface area contributed by atoms with Crippen molar-refractivity contribution in [1.82, 2.24) is 0 Å². The predicted molar refractivity (Wildman–Crippen MR) is 49.9 cm³/mol. The van der Waals surface area contributed by atoms with Gasteiger partial charge in [0, 0.05) is 20.0 Å². The zero-order chi connectivity index (χ0) is 9.14. The van der Waals surface area contributed by atoms with E-state index in [0.29, 0.717) is 10.6 Å². The molecule has 0 aliphatic carbocycles. The summed E-state index contributed by atoms with van der Waals surface area (Å²) in [5.74, 6) is 0. The van der Waals surface area contributed by atoms with Gasteiger partial charge in [-0.2, -0.15) is 0 Å². The molecule has 0 spiro atoms. The number of nitrogens with zero attached hydrogens (tertiary/aromatic N) is 1. The molecular weight excluding hydrogens is 245 g/mol. The number of rotatable bonds is 2. The molecule has 5 heteroatoms. The average Bonchev–Trinajstić information content (AvgIpc) is 1.81. The molecule has 0 unspecified atom stereocenters. The molecule has 0 bridgehead atoms. The normalized spacial score (nSPS) is 9.83. The van der Waals surface area contributed by atoms with E-state index in [1.54, 1.807) is 18.2 Å². The van der Waals surface area contributed by atoms with Gasteiger partial charge < -0.3 is 0 Å². The highest BCUT2D eigenvalue weighted by atomic mass is 79.9. The molecular formula is C7H5BrClNO2. The number of halogens is 2. The fraction of sp³-hybridized carbons (Fsp3) is 0.143. The lowest BCUT2D eigenvalue weighted by molar-refractivity contribution is -0.496. The highest BCUT2D eigenvalue weighted by Gasteiger charge is 2.03. The Bertz CT molecular complexity index is 296. The monoisotopic (exact) mass is 249 g/mol. The summed E-state index contributed by atoms with van der Waals surface area (Å²) in [6.07, 6.45) is 0. The minimum atomic E-state index is -0.391. The smallest absolute Gasteiger partial charge is 0.229 e. The Labute approximate surface area is 82.6 Å². The zero-order valence-corrected chi connectivity index (χ0v) is 8.30. The third-order valence-corrected chi connectivity index (χ3v) is 1.91. The van der Waals surface area contributed by atoms with Crippen molar-refractivity contribution >= 4 is 27.5 Å². The largest absolute Gasteiger partial charge is 0.264 e. The molecule has 1 aromatic carbocycles. The van der Waals surface area contributed by atoms with Gasteiger partial charge in [0.15, 0.2) is 0 Å². The Kier molecular flexibility index (Phi) is 3.05. The molecule has 0 aliphatic rings. The van der Waals surface area contributed by atoms with Gasteiger partial charge in [0.25, 0.3) is 0 Å². The van der Waals surface area contributed by atoms with Crippen molar-refractivity contribution in [3.8, 4) is 0 Å². The molecule has 0 fully saturated rings. The summed E-state index contributed by atoms with van der Waals surface area (Å²) in [4.78, 5) is 9.75. The SMILES string of the molecule is O=[N+]([O-])Cc1cc(Cl)cc(Br)c1. The molecule has 3 nitrogen and oxygen atoms in total. The van der Waals surface area contributed by atoms with Gasteiger partial charge in [0.2, 0.25) is 6.54 Å². The highest BCUT2D eigenvalue weighted by molar-refractivity contribution is 9.10. The van der Waals surface area contributed by atoms with Crippen molar-refractivity contribution in [2.75, 3.05) is 0 Å². The first kappa shape index (κ1) is 9.48. The lowest BCUT2D eigenvalue weighted by atomic mass is 10.2. The van der Waals surface area contributed by atoms with Crippen LogP contribution in [0.1, 0.15) is 5.56 Å². The number of hydrogen-bond donors (Lipinski definition) is 0. The van der Waals surface area contributed by atoms with Crippen molar-refractivity contribution in [3.63, 3.8) is 0 Å². The Hall–Kier alpha value is -0.610. The maximum Gasteiger partial charge on any atom is 0.229 e. The minimum absolute atomic E-state index is 0.195. The van der Waals surface area contributed by atoms with E-state index < -0.39 is 4.92 Å². The molecule has 0 amide bonds. The molecule has 0 heterocycles. The van der Waals surface area contributed by atoms with Crippen LogP contribution in [0.4, 0.5) is 0 Å². The molecule has 12 heavy (non-hydrogen) atoms. The molecule has 1 rings (SSSR count). The van der Waals surface area contributed by atoms with E-state index in [9.17, 15) is 10.1 Å². The molecule has 0 saturated heterocycles. The maximum atomic E-state index is 10.1. The molecule has 0 aromatic heterocycles. The Morgan fingerprint density at radius 3 is 2.67 bits per heavy atom. The molecule has 0 radical (unpaired) electrons. The second-order valence-corrected chi connectivity index (χ2v) is 3.62. The van der Waals surface area contributed by atoms with Crippen molar-refractivity contribution < 1.29 is 4.92 Å². The van der Waals surface area contributed by atoms with E-state index in [-0.39, 0.29) is 6.54 Å². The van der Waals surface area contributed by atoms with E-state index in [2.05, 4.69) is 15.9 Å². The summed E-state index contributed by atoms with van der Waals surface area (Å²) in [7, 11) is 0. The highest BCUT2D eigenvalue weighted by Crippen LogP contribution is 2.19. The molecule has 1 aromatic rings. The molecule has 64 valence electrons. The molecule has 0 aliphatic heterocycles. The Morgan fingerprint density at radius 1 is 1.50 bits per heavy atom. The summed E-state index contributed by atoms with van der Waals surface area (Å²) in [6.45, 7) is -0.195. The second kappa shape index (κ2) is 3.87. The quantitative estimate of drug-likeness (QED) is 0.598. The number of hydrogen-bond acceptors (Lipinski definition) is 2. The van der Waals surface area contributed by atoms with Crippen LogP contribution in [0.2, 0.25) is 5.02 Å². The summed E-state index contributed by atoms with van der Waals surface area (Å²) < 4.78 is 0.756. The Morgan fingerprint density at radius 2 is 2.17 bits per heavy atom. The third-order valence-electron chi connectivity index (χ3n) is 1.23. The second-order valence-electron chi connectivity index (χ2n) is 2.27. The van der Waals surface area contributed by atoms with E-state index in [0.717, 1.165) is 4.47 Å². The van der Waals surface area contributed by atoms with Crippen molar-refractivity contribution in [1.29, 1.82) is 0 Å². The summed E-state index contributed by atoms with van der Waals surface area (Å²) >= 11 is 8.88. The first-order valence-electron chi connectivity index (χ1n) is 3.14. The van der Waals surface area contributed by atoms with Crippen LogP contribution in [-0.2, 0) is 6.54 Å². The van der Waals surface area contributed by atoms with Crippen molar-refractivity contribution in [2.45, 2.75) is 6.54 Å². The number of benzene rings is 1. The van der Waals surface area contributed by atoms with Crippen LogP contribution in [-0.4, -0.2) is 4.92 Å². The van der Waals surface area contributed by atoms with Gasteiger partial charge in [0.1, 0.15) is 0 Å². The summed E-state index contributed by atoms with van der Waals surface area (Å²) in [5.41, 5.74) is 0.597. The van der Waals surface area contributed by atoms with Crippen LogP contribution in [0.5, 0.6) is 0 Å². The van der Waals surface area contributed by atoms with Crippen LogP contribution >= 0.6 is 27.5 Å². The van der Waals surface area contributed by atoms with E-state index >= 15 is 0 Å². The first-order chi connectivity index (χ1) is 5.58. The van der Waals surface area contributed by atoms with Crippen LogP contribution in [0.3, 0.4) is 0 Å². The van der Waals surface area contributed by atoms with E-state index in [4.69, 9.17) is 11.6 Å². The zero-order valence-electron chi connectivity index (χ0n) is 5.96.